The van der Waals surface area contributed by atoms with Crippen LogP contribution in [-0.2, 0) is 5.92 Å². The van der Waals surface area contributed by atoms with Crippen LogP contribution < -0.4 is 0 Å². The summed E-state index contributed by atoms with van der Waals surface area (Å²) in [6.45, 7) is 3.83. The summed E-state index contributed by atoms with van der Waals surface area (Å²) >= 11 is 0. The standard InChI is InChI=1S/C18H24F2NP/c1-12-3-5-15(6-4-12)18(19,20)17-10-14(7-8-22)9-13(2)16(17)11-21/h3-6,13-14,16-17H,7-10,22H2,1-2H3. The molecule has 0 aliphatic heterocycles. The summed E-state index contributed by atoms with van der Waals surface area (Å²) in [5, 5.41) is 9.41. The number of rotatable bonds is 4. The van der Waals surface area contributed by atoms with Gasteiger partial charge in [0.15, 0.2) is 0 Å². The Morgan fingerprint density at radius 2 is 1.91 bits per heavy atom. The van der Waals surface area contributed by atoms with Crippen LogP contribution in [0.5, 0.6) is 0 Å². The van der Waals surface area contributed by atoms with Crippen molar-refractivity contribution < 1.29 is 8.78 Å². The molecule has 1 fully saturated rings. The number of aryl methyl sites for hydroxylation is 1. The molecule has 4 heteroatoms. The van der Waals surface area contributed by atoms with Crippen LogP contribution in [0.2, 0.25) is 0 Å². The Bertz CT molecular complexity index is 535. The summed E-state index contributed by atoms with van der Waals surface area (Å²) in [6, 6.07) is 8.62. The van der Waals surface area contributed by atoms with Crippen molar-refractivity contribution in [3.8, 4) is 6.07 Å². The minimum absolute atomic E-state index is 0.0293. The van der Waals surface area contributed by atoms with E-state index in [2.05, 4.69) is 15.3 Å². The molecule has 0 bridgehead atoms. The number of hydrogen-bond acceptors (Lipinski definition) is 1. The lowest BCUT2D eigenvalue weighted by atomic mass is 9.65. The van der Waals surface area contributed by atoms with Crippen LogP contribution in [0.3, 0.4) is 0 Å². The fourth-order valence-electron chi connectivity index (χ4n) is 3.72. The number of benzene rings is 1. The normalized spacial score (nSPS) is 29.1. The molecule has 5 unspecified atom stereocenters. The first kappa shape index (κ1) is 17.4. The number of nitrogens with zero attached hydrogens (tertiary/aromatic N) is 1. The van der Waals surface area contributed by atoms with Gasteiger partial charge >= 0.3 is 0 Å². The maximum Gasteiger partial charge on any atom is 0.277 e. The molecule has 0 spiro atoms. The molecule has 2 rings (SSSR count). The number of alkyl halides is 2. The van der Waals surface area contributed by atoms with E-state index in [1.807, 2.05) is 13.8 Å². The average Bonchev–Trinajstić information content (AvgIpc) is 2.47. The molecule has 0 amide bonds. The highest BCUT2D eigenvalue weighted by Crippen LogP contribution is 2.50. The minimum Gasteiger partial charge on any atom is -0.201 e. The van der Waals surface area contributed by atoms with Gasteiger partial charge in [-0.15, -0.1) is 9.24 Å². The molecule has 0 N–H and O–H groups in total. The van der Waals surface area contributed by atoms with Crippen molar-refractivity contribution in [1.29, 1.82) is 5.26 Å². The van der Waals surface area contributed by atoms with Crippen LogP contribution in [0.15, 0.2) is 24.3 Å². The Hall–Kier alpha value is -1.00. The maximum atomic E-state index is 15.0. The van der Waals surface area contributed by atoms with Crippen LogP contribution in [-0.4, -0.2) is 6.16 Å². The van der Waals surface area contributed by atoms with Crippen molar-refractivity contribution in [3.63, 3.8) is 0 Å². The van der Waals surface area contributed by atoms with E-state index in [9.17, 15) is 5.26 Å². The predicted octanol–water partition coefficient (Wildman–Crippen LogP) is 5.15. The van der Waals surface area contributed by atoms with Gasteiger partial charge < -0.3 is 0 Å². The van der Waals surface area contributed by atoms with Crippen LogP contribution in [0.4, 0.5) is 8.78 Å². The highest BCUT2D eigenvalue weighted by Gasteiger charge is 2.50. The lowest BCUT2D eigenvalue weighted by Gasteiger charge is -2.41. The van der Waals surface area contributed by atoms with Crippen molar-refractivity contribution in [2.75, 3.05) is 6.16 Å². The van der Waals surface area contributed by atoms with Crippen LogP contribution in [0, 0.1) is 41.9 Å². The van der Waals surface area contributed by atoms with Crippen molar-refractivity contribution in [1.82, 2.24) is 0 Å². The van der Waals surface area contributed by atoms with Gasteiger partial charge in [0.1, 0.15) is 0 Å². The van der Waals surface area contributed by atoms with Crippen LogP contribution in [0.1, 0.15) is 37.3 Å². The third kappa shape index (κ3) is 3.49. The molecule has 1 saturated carbocycles. The van der Waals surface area contributed by atoms with Gasteiger partial charge in [-0.2, -0.15) is 5.26 Å². The molecular formula is C18H24F2NP. The highest BCUT2D eigenvalue weighted by molar-refractivity contribution is 7.16. The summed E-state index contributed by atoms with van der Waals surface area (Å²) < 4.78 is 30.1. The van der Waals surface area contributed by atoms with Gasteiger partial charge in [-0.3, -0.25) is 0 Å². The maximum absolute atomic E-state index is 15.0. The third-order valence-corrected chi connectivity index (χ3v) is 5.30. The molecule has 1 aliphatic rings. The van der Waals surface area contributed by atoms with Crippen molar-refractivity contribution in [2.24, 2.45) is 23.7 Å². The van der Waals surface area contributed by atoms with Gasteiger partial charge in [0, 0.05) is 11.5 Å². The molecular weight excluding hydrogens is 299 g/mol. The summed E-state index contributed by atoms with van der Waals surface area (Å²) in [5.41, 5.74) is 1.01. The Kier molecular flexibility index (Phi) is 5.56. The second kappa shape index (κ2) is 7.05. The van der Waals surface area contributed by atoms with Gasteiger partial charge in [-0.05, 0) is 44.2 Å². The average molecular weight is 323 g/mol. The Morgan fingerprint density at radius 1 is 1.27 bits per heavy atom. The van der Waals surface area contributed by atoms with Gasteiger partial charge in [0.25, 0.3) is 5.92 Å². The van der Waals surface area contributed by atoms with Gasteiger partial charge in [0.05, 0.1) is 12.0 Å². The molecule has 22 heavy (non-hydrogen) atoms. The lowest BCUT2D eigenvalue weighted by Crippen LogP contribution is -2.40. The molecule has 0 radical (unpaired) electrons. The lowest BCUT2D eigenvalue weighted by molar-refractivity contribution is -0.108. The summed E-state index contributed by atoms with van der Waals surface area (Å²) in [6.07, 6.45) is 3.19. The Balaban J connectivity index is 2.32. The predicted molar refractivity (Wildman–Crippen MR) is 88.7 cm³/mol. The fourth-order valence-corrected chi connectivity index (χ4v) is 4.19. The monoisotopic (exact) mass is 323 g/mol. The zero-order valence-electron chi connectivity index (χ0n) is 13.2. The smallest absolute Gasteiger partial charge is 0.201 e. The van der Waals surface area contributed by atoms with E-state index >= 15 is 8.78 Å². The van der Waals surface area contributed by atoms with E-state index in [0.717, 1.165) is 24.6 Å². The summed E-state index contributed by atoms with van der Waals surface area (Å²) in [7, 11) is 2.68. The number of halogens is 2. The topological polar surface area (TPSA) is 23.8 Å². The zero-order chi connectivity index (χ0) is 16.3. The van der Waals surface area contributed by atoms with Crippen LogP contribution in [0.25, 0.3) is 0 Å². The number of hydrogen-bond donors (Lipinski definition) is 0. The quantitative estimate of drug-likeness (QED) is 0.703. The molecule has 120 valence electrons. The molecule has 0 saturated heterocycles. The fraction of sp³-hybridized carbons (Fsp3) is 0.611. The third-order valence-electron chi connectivity index (χ3n) is 4.97. The first-order valence-electron chi connectivity index (χ1n) is 7.94. The summed E-state index contributed by atoms with van der Waals surface area (Å²) in [4.78, 5) is 0. The summed E-state index contributed by atoms with van der Waals surface area (Å²) in [5.74, 6) is -4.08. The van der Waals surface area contributed by atoms with E-state index in [1.165, 1.54) is 12.1 Å². The Labute approximate surface area is 134 Å². The molecule has 5 atom stereocenters. The molecule has 0 heterocycles. The van der Waals surface area contributed by atoms with Gasteiger partial charge in [0.2, 0.25) is 0 Å². The van der Waals surface area contributed by atoms with E-state index < -0.39 is 17.8 Å². The second-order valence-corrected chi connectivity index (χ2v) is 7.22. The van der Waals surface area contributed by atoms with Crippen LogP contribution >= 0.6 is 9.24 Å². The molecule has 1 aromatic rings. The SMILES string of the molecule is Cc1ccc(C(F)(F)C2CC(CCP)CC(C)C2C#N)cc1. The molecule has 1 aliphatic carbocycles. The van der Waals surface area contributed by atoms with Crippen molar-refractivity contribution in [3.05, 3.63) is 35.4 Å². The Morgan fingerprint density at radius 3 is 2.45 bits per heavy atom. The van der Waals surface area contributed by atoms with E-state index in [0.29, 0.717) is 12.3 Å². The molecule has 1 nitrogen and oxygen atoms in total. The first-order chi connectivity index (χ1) is 10.4. The minimum atomic E-state index is -2.94. The first-order valence-corrected chi connectivity index (χ1v) is 8.76. The van der Waals surface area contributed by atoms with E-state index in [-0.39, 0.29) is 11.5 Å². The zero-order valence-corrected chi connectivity index (χ0v) is 14.4. The second-order valence-electron chi connectivity index (χ2n) is 6.64. The van der Waals surface area contributed by atoms with Crippen molar-refractivity contribution >= 4 is 9.24 Å². The molecule has 0 aromatic heterocycles. The largest absolute Gasteiger partial charge is 0.277 e. The van der Waals surface area contributed by atoms with Gasteiger partial charge in [-0.1, -0.05) is 36.8 Å². The number of nitriles is 1. The van der Waals surface area contributed by atoms with E-state index in [4.69, 9.17) is 0 Å². The van der Waals surface area contributed by atoms with Gasteiger partial charge in [-0.25, -0.2) is 8.78 Å². The highest BCUT2D eigenvalue weighted by atomic mass is 31.0. The van der Waals surface area contributed by atoms with E-state index in [1.54, 1.807) is 12.1 Å². The van der Waals surface area contributed by atoms with Crippen molar-refractivity contribution in [2.45, 2.75) is 39.0 Å². The molecule has 1 aromatic carbocycles.